The number of benzene rings is 1. The molecule has 0 spiro atoms. The maximum atomic E-state index is 14.3. The number of nitrogens with two attached hydrogens (primary N) is 1. The summed E-state index contributed by atoms with van der Waals surface area (Å²) in [5, 5.41) is 0. The van der Waals surface area contributed by atoms with Gasteiger partial charge in [-0.1, -0.05) is 13.0 Å². The van der Waals surface area contributed by atoms with E-state index in [1.165, 1.54) is 6.07 Å². The normalized spacial score (nSPS) is 26.4. The SMILES string of the molecule is CC1(C(=O)Cc2ccc(F)c(C3(C)COCC(N)=N3)c2)CC1. The summed E-state index contributed by atoms with van der Waals surface area (Å²) in [5.41, 5.74) is 5.97. The Hall–Kier alpha value is -1.75. The van der Waals surface area contributed by atoms with Crippen molar-refractivity contribution in [1.29, 1.82) is 0 Å². The molecule has 118 valence electrons. The van der Waals surface area contributed by atoms with Gasteiger partial charge in [0.2, 0.25) is 0 Å². The van der Waals surface area contributed by atoms with Crippen molar-refractivity contribution >= 4 is 11.6 Å². The van der Waals surface area contributed by atoms with E-state index in [0.717, 1.165) is 18.4 Å². The number of halogens is 1. The molecule has 0 amide bonds. The molecule has 1 aliphatic carbocycles. The predicted octanol–water partition coefficient (Wildman–Crippen LogP) is 2.34. The van der Waals surface area contributed by atoms with Gasteiger partial charge in [0.15, 0.2) is 0 Å². The number of amidine groups is 1. The van der Waals surface area contributed by atoms with Crippen molar-refractivity contribution in [2.75, 3.05) is 13.2 Å². The number of carbonyl (C=O) groups is 1. The van der Waals surface area contributed by atoms with Crippen LogP contribution < -0.4 is 5.73 Å². The van der Waals surface area contributed by atoms with Gasteiger partial charge in [0.1, 0.15) is 29.6 Å². The number of ether oxygens (including phenoxy) is 1. The van der Waals surface area contributed by atoms with Crippen LogP contribution in [0.3, 0.4) is 0 Å². The first-order chi connectivity index (χ1) is 10.3. The molecular formula is C17H21FN2O2. The first-order valence-corrected chi connectivity index (χ1v) is 7.57. The number of Topliss-reactive ketones (excluding diaryl/α,β-unsaturated/α-hetero) is 1. The van der Waals surface area contributed by atoms with Gasteiger partial charge in [-0.25, -0.2) is 4.39 Å². The highest BCUT2D eigenvalue weighted by Gasteiger charge is 2.44. The topological polar surface area (TPSA) is 64.7 Å². The van der Waals surface area contributed by atoms with Crippen LogP contribution in [-0.2, 0) is 21.5 Å². The number of hydrogen-bond donors (Lipinski definition) is 1. The van der Waals surface area contributed by atoms with Crippen LogP contribution >= 0.6 is 0 Å². The molecule has 1 fully saturated rings. The van der Waals surface area contributed by atoms with Gasteiger partial charge in [-0.3, -0.25) is 9.79 Å². The summed E-state index contributed by atoms with van der Waals surface area (Å²) in [4.78, 5) is 16.6. The van der Waals surface area contributed by atoms with Crippen LogP contribution in [0.5, 0.6) is 0 Å². The van der Waals surface area contributed by atoms with Gasteiger partial charge >= 0.3 is 0 Å². The van der Waals surface area contributed by atoms with Gasteiger partial charge in [0.05, 0.1) is 6.61 Å². The lowest BCUT2D eigenvalue weighted by Crippen LogP contribution is -2.38. The van der Waals surface area contributed by atoms with Gasteiger partial charge in [0.25, 0.3) is 0 Å². The average molecular weight is 304 g/mol. The van der Waals surface area contributed by atoms with Gasteiger partial charge in [-0.05, 0) is 37.5 Å². The molecule has 1 unspecified atom stereocenters. The Morgan fingerprint density at radius 3 is 2.77 bits per heavy atom. The first-order valence-electron chi connectivity index (χ1n) is 7.57. The van der Waals surface area contributed by atoms with Gasteiger partial charge in [0, 0.05) is 17.4 Å². The Kier molecular flexibility index (Phi) is 3.56. The molecule has 0 bridgehead atoms. The van der Waals surface area contributed by atoms with E-state index >= 15 is 0 Å². The number of ketones is 1. The molecule has 22 heavy (non-hydrogen) atoms. The quantitative estimate of drug-likeness (QED) is 0.928. The Bertz CT molecular complexity index is 652. The van der Waals surface area contributed by atoms with E-state index in [0.29, 0.717) is 17.8 Å². The van der Waals surface area contributed by atoms with Crippen molar-refractivity contribution in [3.05, 3.63) is 35.1 Å². The molecule has 1 heterocycles. The minimum atomic E-state index is -0.838. The zero-order chi connectivity index (χ0) is 16.0. The molecule has 0 radical (unpaired) electrons. The number of rotatable bonds is 4. The summed E-state index contributed by atoms with van der Waals surface area (Å²) in [6, 6.07) is 4.80. The van der Waals surface area contributed by atoms with Crippen molar-refractivity contribution < 1.29 is 13.9 Å². The van der Waals surface area contributed by atoms with Gasteiger partial charge < -0.3 is 10.5 Å². The van der Waals surface area contributed by atoms with Crippen LogP contribution in [-0.4, -0.2) is 24.8 Å². The van der Waals surface area contributed by atoms with E-state index in [-0.39, 0.29) is 30.2 Å². The molecule has 1 aromatic carbocycles. The summed E-state index contributed by atoms with van der Waals surface area (Å²) in [6.07, 6.45) is 2.23. The molecule has 2 N–H and O–H groups in total. The fraction of sp³-hybridized carbons (Fsp3) is 0.529. The Morgan fingerprint density at radius 2 is 2.14 bits per heavy atom. The molecular weight excluding hydrogens is 283 g/mol. The van der Waals surface area contributed by atoms with Crippen molar-refractivity contribution in [3.63, 3.8) is 0 Å². The second-order valence-electron chi connectivity index (χ2n) is 6.84. The molecule has 0 saturated heterocycles. The molecule has 2 aliphatic rings. The Labute approximate surface area is 129 Å². The fourth-order valence-electron chi connectivity index (χ4n) is 2.83. The maximum Gasteiger partial charge on any atom is 0.143 e. The summed E-state index contributed by atoms with van der Waals surface area (Å²) in [5.74, 6) is 0.233. The van der Waals surface area contributed by atoms with Crippen LogP contribution in [0.25, 0.3) is 0 Å². The van der Waals surface area contributed by atoms with Gasteiger partial charge in [-0.15, -0.1) is 0 Å². The summed E-state index contributed by atoms with van der Waals surface area (Å²) in [6.45, 7) is 4.33. The smallest absolute Gasteiger partial charge is 0.143 e. The molecule has 1 saturated carbocycles. The van der Waals surface area contributed by atoms with E-state index in [1.54, 1.807) is 19.1 Å². The maximum absolute atomic E-state index is 14.3. The average Bonchev–Trinajstić information content (AvgIpc) is 3.20. The molecule has 5 heteroatoms. The third-order valence-electron chi connectivity index (χ3n) is 4.67. The Morgan fingerprint density at radius 1 is 1.41 bits per heavy atom. The lowest BCUT2D eigenvalue weighted by atomic mass is 9.89. The van der Waals surface area contributed by atoms with Crippen LogP contribution in [0.15, 0.2) is 23.2 Å². The molecule has 3 rings (SSSR count). The monoisotopic (exact) mass is 304 g/mol. The van der Waals surface area contributed by atoms with Crippen LogP contribution in [0.2, 0.25) is 0 Å². The minimum absolute atomic E-state index is 0.172. The van der Waals surface area contributed by atoms with E-state index in [9.17, 15) is 9.18 Å². The van der Waals surface area contributed by atoms with E-state index in [2.05, 4.69) is 4.99 Å². The summed E-state index contributed by atoms with van der Waals surface area (Å²) >= 11 is 0. The molecule has 0 aromatic heterocycles. The molecule has 1 aromatic rings. The van der Waals surface area contributed by atoms with Crippen molar-refractivity contribution in [1.82, 2.24) is 0 Å². The molecule has 1 aliphatic heterocycles. The van der Waals surface area contributed by atoms with Crippen molar-refractivity contribution in [2.24, 2.45) is 16.1 Å². The standard InChI is InChI=1S/C17H21FN2O2/c1-16(5-6-16)14(21)8-11-3-4-13(18)12(7-11)17(2)10-22-9-15(19)20-17/h3-4,7H,5-6,8-10H2,1-2H3,(H2,19,20). The molecule has 4 nitrogen and oxygen atoms in total. The lowest BCUT2D eigenvalue weighted by molar-refractivity contribution is -0.122. The summed E-state index contributed by atoms with van der Waals surface area (Å²) in [7, 11) is 0. The highest BCUT2D eigenvalue weighted by atomic mass is 19.1. The number of carbonyl (C=O) groups excluding carboxylic acids is 1. The second-order valence-corrected chi connectivity index (χ2v) is 6.84. The van der Waals surface area contributed by atoms with E-state index in [4.69, 9.17) is 10.5 Å². The Balaban J connectivity index is 1.90. The zero-order valence-electron chi connectivity index (χ0n) is 13.0. The lowest BCUT2D eigenvalue weighted by Gasteiger charge is -2.30. The predicted molar refractivity (Wildman–Crippen MR) is 82.2 cm³/mol. The highest BCUT2D eigenvalue weighted by Crippen LogP contribution is 2.46. The van der Waals surface area contributed by atoms with Gasteiger partial charge in [-0.2, -0.15) is 0 Å². The third-order valence-corrected chi connectivity index (χ3v) is 4.67. The fourth-order valence-corrected chi connectivity index (χ4v) is 2.83. The number of aliphatic imine (C=N–C) groups is 1. The van der Waals surface area contributed by atoms with E-state index < -0.39 is 5.54 Å². The minimum Gasteiger partial charge on any atom is -0.386 e. The number of nitrogens with zero attached hydrogens (tertiary/aromatic N) is 1. The van der Waals surface area contributed by atoms with Crippen LogP contribution in [0.4, 0.5) is 4.39 Å². The van der Waals surface area contributed by atoms with Crippen LogP contribution in [0.1, 0.15) is 37.8 Å². The van der Waals surface area contributed by atoms with Crippen LogP contribution in [0, 0.1) is 11.2 Å². The van der Waals surface area contributed by atoms with Crippen molar-refractivity contribution in [2.45, 2.75) is 38.6 Å². The van der Waals surface area contributed by atoms with E-state index in [1.807, 2.05) is 6.92 Å². The van der Waals surface area contributed by atoms with Crippen molar-refractivity contribution in [3.8, 4) is 0 Å². The number of hydrogen-bond acceptors (Lipinski definition) is 4. The second kappa shape index (κ2) is 5.16. The summed E-state index contributed by atoms with van der Waals surface area (Å²) < 4.78 is 19.7. The highest BCUT2D eigenvalue weighted by molar-refractivity contribution is 5.88. The largest absolute Gasteiger partial charge is 0.386 e. The third kappa shape index (κ3) is 2.77. The molecule has 1 atom stereocenters. The first kappa shape index (κ1) is 15.2. The zero-order valence-corrected chi connectivity index (χ0v) is 13.0.